The topological polar surface area (TPSA) is 72.3 Å². The van der Waals surface area contributed by atoms with Gasteiger partial charge in [0.25, 0.3) is 0 Å². The number of quaternary nitrogens is 1. The SMILES string of the molecule is O=C1C(=Cc2cc(Br)cc3c2OCOC3)Oc2c1ccc([O-])c2C[NH+]1CCCC1. The largest absolute Gasteiger partial charge is 0.872 e. The Hall–Kier alpha value is -2.35. The highest BCUT2D eigenvalue weighted by Gasteiger charge is 2.32. The minimum absolute atomic E-state index is 0.0717. The minimum atomic E-state index is -0.210. The molecule has 2 aromatic carbocycles. The number of nitrogens with one attached hydrogen (secondary N) is 1. The Kier molecular flexibility index (Phi) is 4.81. The fraction of sp³-hybridized carbons (Fsp3) is 0.318. The third-order valence-corrected chi connectivity index (χ3v) is 6.08. The molecule has 1 N–H and O–H groups in total. The van der Waals surface area contributed by atoms with Crippen molar-refractivity contribution in [3.05, 3.63) is 56.8 Å². The van der Waals surface area contributed by atoms with Gasteiger partial charge in [-0.3, -0.25) is 4.79 Å². The number of ketones is 1. The molecule has 5 rings (SSSR count). The summed E-state index contributed by atoms with van der Waals surface area (Å²) in [6.45, 7) is 3.30. The molecule has 29 heavy (non-hydrogen) atoms. The molecule has 6 nitrogen and oxygen atoms in total. The van der Waals surface area contributed by atoms with Crippen molar-refractivity contribution in [1.82, 2.24) is 0 Å². The van der Waals surface area contributed by atoms with Crippen LogP contribution in [0.1, 0.15) is 39.9 Å². The van der Waals surface area contributed by atoms with Crippen LogP contribution in [0.25, 0.3) is 6.08 Å². The fourth-order valence-corrected chi connectivity index (χ4v) is 4.74. The average molecular weight is 458 g/mol. The van der Waals surface area contributed by atoms with E-state index < -0.39 is 0 Å². The Morgan fingerprint density at radius 3 is 2.83 bits per heavy atom. The van der Waals surface area contributed by atoms with Gasteiger partial charge in [0.2, 0.25) is 5.78 Å². The smallest absolute Gasteiger partial charge is 0.231 e. The fourth-order valence-electron chi connectivity index (χ4n) is 4.22. The Balaban J connectivity index is 1.52. The highest BCUT2D eigenvalue weighted by atomic mass is 79.9. The van der Waals surface area contributed by atoms with Gasteiger partial charge in [-0.05, 0) is 24.3 Å². The van der Waals surface area contributed by atoms with E-state index in [1.54, 1.807) is 12.1 Å². The third kappa shape index (κ3) is 3.43. The summed E-state index contributed by atoms with van der Waals surface area (Å²) in [6.07, 6.45) is 4.02. The van der Waals surface area contributed by atoms with E-state index in [-0.39, 0.29) is 24.1 Å². The number of benzene rings is 2. The lowest BCUT2D eigenvalue weighted by atomic mass is 10.0. The zero-order chi connectivity index (χ0) is 20.0. The van der Waals surface area contributed by atoms with Crippen LogP contribution in [-0.4, -0.2) is 25.7 Å². The number of ether oxygens (including phenoxy) is 3. The quantitative estimate of drug-likeness (QED) is 0.715. The van der Waals surface area contributed by atoms with E-state index in [9.17, 15) is 9.90 Å². The van der Waals surface area contributed by atoms with E-state index in [1.165, 1.54) is 23.8 Å². The summed E-state index contributed by atoms with van der Waals surface area (Å²) in [6, 6.07) is 6.87. The molecule has 0 aliphatic carbocycles. The summed E-state index contributed by atoms with van der Waals surface area (Å²) in [5.74, 6) is 1.03. The standard InChI is InChI=1S/C22H20BrNO5/c23-15-7-13(21-14(8-15)11-27-12-28-21)9-19-20(26)16-3-4-18(25)17(22(16)29-19)10-24-5-1-2-6-24/h3-4,7-9,25H,1-2,5-6,10-12H2. The molecule has 0 unspecified atom stereocenters. The highest BCUT2D eigenvalue weighted by molar-refractivity contribution is 9.10. The molecule has 0 spiro atoms. The molecule has 1 fully saturated rings. The Morgan fingerprint density at radius 2 is 2.00 bits per heavy atom. The van der Waals surface area contributed by atoms with Crippen molar-refractivity contribution in [1.29, 1.82) is 0 Å². The van der Waals surface area contributed by atoms with Gasteiger partial charge in [-0.15, -0.1) is 0 Å². The number of allylic oxidation sites excluding steroid dienone is 1. The van der Waals surface area contributed by atoms with Crippen LogP contribution in [0, 0.1) is 0 Å². The maximum atomic E-state index is 13.0. The van der Waals surface area contributed by atoms with Crippen LogP contribution in [0.15, 0.2) is 34.5 Å². The van der Waals surface area contributed by atoms with Gasteiger partial charge in [0, 0.05) is 34.0 Å². The number of Topliss-reactive ketones (excluding diaryl/α,β-unsaturated/α-hetero) is 1. The number of likely N-dealkylation sites (tertiary alicyclic amines) is 1. The molecule has 3 aliphatic rings. The lowest BCUT2D eigenvalue weighted by Crippen LogP contribution is -3.08. The van der Waals surface area contributed by atoms with Gasteiger partial charge in [-0.2, -0.15) is 0 Å². The molecule has 0 saturated carbocycles. The molecule has 0 atom stereocenters. The van der Waals surface area contributed by atoms with Crippen molar-refractivity contribution in [3.63, 3.8) is 0 Å². The first-order valence-corrected chi connectivity index (χ1v) is 10.5. The maximum absolute atomic E-state index is 13.0. The van der Waals surface area contributed by atoms with Gasteiger partial charge in [-0.25, -0.2) is 0 Å². The van der Waals surface area contributed by atoms with Gasteiger partial charge in [0.1, 0.15) is 18.0 Å². The van der Waals surface area contributed by atoms with Gasteiger partial charge >= 0.3 is 0 Å². The lowest BCUT2D eigenvalue weighted by Gasteiger charge is -2.20. The normalized spacial score (nSPS) is 19.8. The zero-order valence-corrected chi connectivity index (χ0v) is 17.3. The molecule has 1 saturated heterocycles. The zero-order valence-electron chi connectivity index (χ0n) is 15.8. The van der Waals surface area contributed by atoms with Crippen molar-refractivity contribution >= 4 is 27.8 Å². The second-order valence-electron chi connectivity index (χ2n) is 7.59. The van der Waals surface area contributed by atoms with E-state index >= 15 is 0 Å². The Bertz CT molecular complexity index is 1030. The molecular formula is C22H20BrNO5. The van der Waals surface area contributed by atoms with Crippen molar-refractivity contribution in [2.24, 2.45) is 0 Å². The number of fused-ring (bicyclic) bond motifs is 2. The van der Waals surface area contributed by atoms with Crippen molar-refractivity contribution < 1.29 is 29.0 Å². The number of hydrogen-bond donors (Lipinski definition) is 1. The first-order chi connectivity index (χ1) is 14.1. The van der Waals surface area contributed by atoms with Gasteiger partial charge in [-0.1, -0.05) is 27.7 Å². The first-order valence-electron chi connectivity index (χ1n) is 9.74. The van der Waals surface area contributed by atoms with E-state index in [4.69, 9.17) is 14.2 Å². The summed E-state index contributed by atoms with van der Waals surface area (Å²) in [5, 5.41) is 12.5. The van der Waals surface area contributed by atoms with E-state index in [0.29, 0.717) is 35.8 Å². The first kappa shape index (κ1) is 18.7. The van der Waals surface area contributed by atoms with Crippen molar-refractivity contribution in [3.8, 4) is 17.2 Å². The van der Waals surface area contributed by atoms with E-state index in [1.807, 2.05) is 12.1 Å². The predicted octanol–water partition coefficient (Wildman–Crippen LogP) is 2.18. The Labute approximate surface area is 176 Å². The van der Waals surface area contributed by atoms with Gasteiger partial charge < -0.3 is 24.2 Å². The second-order valence-corrected chi connectivity index (χ2v) is 8.50. The van der Waals surface area contributed by atoms with Gasteiger partial charge in [0.15, 0.2) is 12.6 Å². The summed E-state index contributed by atoms with van der Waals surface area (Å²) in [4.78, 5) is 14.3. The number of halogens is 1. The second kappa shape index (κ2) is 7.48. The van der Waals surface area contributed by atoms with Crippen LogP contribution >= 0.6 is 15.9 Å². The predicted molar refractivity (Wildman–Crippen MR) is 107 cm³/mol. The molecule has 2 aromatic rings. The van der Waals surface area contributed by atoms with Gasteiger partial charge in [0.05, 0.1) is 25.3 Å². The lowest BCUT2D eigenvalue weighted by molar-refractivity contribution is -0.901. The summed E-state index contributed by atoms with van der Waals surface area (Å²) in [7, 11) is 0. The summed E-state index contributed by atoms with van der Waals surface area (Å²) < 4.78 is 17.8. The molecule has 0 aromatic heterocycles. The minimum Gasteiger partial charge on any atom is -0.872 e. The maximum Gasteiger partial charge on any atom is 0.231 e. The molecule has 0 amide bonds. The molecule has 7 heteroatoms. The number of carbonyl (C=O) groups is 1. The number of rotatable bonds is 3. The molecule has 0 radical (unpaired) electrons. The molecule has 3 heterocycles. The van der Waals surface area contributed by atoms with Crippen LogP contribution in [-0.2, 0) is 17.9 Å². The Morgan fingerprint density at radius 1 is 1.17 bits per heavy atom. The van der Waals surface area contributed by atoms with Crippen molar-refractivity contribution in [2.45, 2.75) is 26.0 Å². The van der Waals surface area contributed by atoms with Crippen LogP contribution in [0.5, 0.6) is 17.2 Å². The summed E-state index contributed by atoms with van der Waals surface area (Å²) in [5.41, 5.74) is 2.69. The average Bonchev–Trinajstić information content (AvgIpc) is 3.33. The summed E-state index contributed by atoms with van der Waals surface area (Å²) >= 11 is 3.49. The third-order valence-electron chi connectivity index (χ3n) is 5.63. The van der Waals surface area contributed by atoms with Crippen LogP contribution < -0.4 is 19.5 Å². The molecule has 3 aliphatic heterocycles. The van der Waals surface area contributed by atoms with Crippen molar-refractivity contribution in [2.75, 3.05) is 19.9 Å². The van der Waals surface area contributed by atoms with Crippen LogP contribution in [0.4, 0.5) is 0 Å². The molecule has 0 bridgehead atoms. The monoisotopic (exact) mass is 457 g/mol. The van der Waals surface area contributed by atoms with E-state index in [0.717, 1.165) is 28.7 Å². The molecule has 150 valence electrons. The molecular weight excluding hydrogens is 438 g/mol. The van der Waals surface area contributed by atoms with E-state index in [2.05, 4.69) is 15.9 Å². The van der Waals surface area contributed by atoms with Crippen LogP contribution in [0.3, 0.4) is 0 Å². The number of carbonyl (C=O) groups excluding carboxylic acids is 1. The highest BCUT2D eigenvalue weighted by Crippen LogP contribution is 2.40. The van der Waals surface area contributed by atoms with Crippen LogP contribution in [0.2, 0.25) is 0 Å². The number of hydrogen-bond acceptors (Lipinski definition) is 5.